The topological polar surface area (TPSA) is 41.6 Å². The number of aryl methyl sites for hydroxylation is 1. The zero-order chi connectivity index (χ0) is 17.6. The molecule has 0 bridgehead atoms. The van der Waals surface area contributed by atoms with Crippen LogP contribution in [0.1, 0.15) is 27.5 Å². The number of carbonyl (C=O) groups is 1. The molecular weight excluding hydrogens is 380 g/mol. The van der Waals surface area contributed by atoms with Gasteiger partial charge in [0.2, 0.25) is 0 Å². The maximum Gasteiger partial charge on any atom is 0.251 e. The van der Waals surface area contributed by atoms with E-state index in [1.807, 2.05) is 24.3 Å². The van der Waals surface area contributed by atoms with Crippen molar-refractivity contribution in [2.24, 2.45) is 0 Å². The Balaban J connectivity index is 1.74. The van der Waals surface area contributed by atoms with E-state index in [1.165, 1.54) is 11.1 Å². The summed E-state index contributed by atoms with van der Waals surface area (Å²) >= 11 is 3.42. The molecule has 1 saturated heterocycles. The van der Waals surface area contributed by atoms with Crippen molar-refractivity contribution in [2.45, 2.75) is 13.0 Å². The molecule has 1 heterocycles. The van der Waals surface area contributed by atoms with E-state index in [1.54, 1.807) is 0 Å². The summed E-state index contributed by atoms with van der Waals surface area (Å²) in [6.45, 7) is 5.91. The van der Waals surface area contributed by atoms with Crippen LogP contribution >= 0.6 is 15.9 Å². The second-order valence-corrected chi connectivity index (χ2v) is 7.21. The Morgan fingerprint density at radius 2 is 1.96 bits per heavy atom. The van der Waals surface area contributed by atoms with Crippen LogP contribution in [0.3, 0.4) is 0 Å². The van der Waals surface area contributed by atoms with E-state index >= 15 is 0 Å². The molecule has 1 aliphatic heterocycles. The third-order valence-electron chi connectivity index (χ3n) is 4.46. The van der Waals surface area contributed by atoms with Crippen molar-refractivity contribution in [2.75, 3.05) is 32.8 Å². The van der Waals surface area contributed by atoms with Gasteiger partial charge in [-0.25, -0.2) is 0 Å². The number of nitrogens with one attached hydrogen (secondary N) is 1. The standard InChI is InChI=1S/C20H23BrN2O2/c1-15-4-2-5-16(12-15)19(23-8-10-25-11-9-23)14-22-20(24)17-6-3-7-18(21)13-17/h2-7,12-13,19H,8-11,14H2,1H3,(H,22,24). The highest BCUT2D eigenvalue weighted by Crippen LogP contribution is 2.22. The van der Waals surface area contributed by atoms with Crippen LogP contribution in [-0.4, -0.2) is 43.7 Å². The summed E-state index contributed by atoms with van der Waals surface area (Å²) < 4.78 is 6.39. The molecule has 1 fully saturated rings. The lowest BCUT2D eigenvalue weighted by Gasteiger charge is -2.35. The van der Waals surface area contributed by atoms with E-state index in [9.17, 15) is 4.79 Å². The Bertz CT molecular complexity index is 729. The van der Waals surface area contributed by atoms with E-state index < -0.39 is 0 Å². The van der Waals surface area contributed by atoms with Gasteiger partial charge < -0.3 is 10.1 Å². The normalized spacial score (nSPS) is 16.4. The van der Waals surface area contributed by atoms with Crippen molar-refractivity contribution in [3.63, 3.8) is 0 Å². The maximum absolute atomic E-state index is 12.5. The van der Waals surface area contributed by atoms with E-state index in [4.69, 9.17) is 4.74 Å². The summed E-state index contributed by atoms with van der Waals surface area (Å²) in [5, 5.41) is 3.10. The molecule has 1 aliphatic rings. The van der Waals surface area contributed by atoms with Crippen LogP contribution in [0.15, 0.2) is 53.0 Å². The molecule has 1 N–H and O–H groups in total. The average Bonchev–Trinajstić information content (AvgIpc) is 2.63. The molecule has 0 radical (unpaired) electrons. The first-order valence-corrected chi connectivity index (χ1v) is 9.35. The van der Waals surface area contributed by atoms with Gasteiger partial charge in [0.15, 0.2) is 0 Å². The highest BCUT2D eigenvalue weighted by atomic mass is 79.9. The zero-order valence-corrected chi connectivity index (χ0v) is 16.0. The van der Waals surface area contributed by atoms with Crippen LogP contribution in [0.5, 0.6) is 0 Å². The fourth-order valence-electron chi connectivity index (χ4n) is 3.15. The van der Waals surface area contributed by atoms with Crippen molar-refractivity contribution >= 4 is 21.8 Å². The number of rotatable bonds is 5. The number of amides is 1. The SMILES string of the molecule is Cc1cccc(C(CNC(=O)c2cccc(Br)c2)N2CCOCC2)c1. The lowest BCUT2D eigenvalue weighted by Crippen LogP contribution is -2.43. The van der Waals surface area contributed by atoms with E-state index in [0.717, 1.165) is 30.8 Å². The summed E-state index contributed by atoms with van der Waals surface area (Å²) in [6.07, 6.45) is 0. The first kappa shape index (κ1) is 18.1. The van der Waals surface area contributed by atoms with Gasteiger partial charge in [-0.05, 0) is 30.7 Å². The first-order chi connectivity index (χ1) is 12.1. The predicted molar refractivity (Wildman–Crippen MR) is 103 cm³/mol. The molecule has 1 atom stereocenters. The highest BCUT2D eigenvalue weighted by Gasteiger charge is 2.23. The molecule has 25 heavy (non-hydrogen) atoms. The van der Waals surface area contributed by atoms with Gasteiger partial charge >= 0.3 is 0 Å². The van der Waals surface area contributed by atoms with E-state index in [2.05, 4.69) is 57.3 Å². The minimum absolute atomic E-state index is 0.0489. The molecular formula is C20H23BrN2O2. The second kappa shape index (κ2) is 8.61. The Hall–Kier alpha value is -1.69. The zero-order valence-electron chi connectivity index (χ0n) is 14.4. The smallest absolute Gasteiger partial charge is 0.251 e. The summed E-state index contributed by atoms with van der Waals surface area (Å²) in [5.41, 5.74) is 3.13. The number of carbonyl (C=O) groups excluding carboxylic acids is 1. The van der Waals surface area contributed by atoms with Crippen molar-refractivity contribution in [3.8, 4) is 0 Å². The summed E-state index contributed by atoms with van der Waals surface area (Å²) in [6, 6.07) is 16.1. The quantitative estimate of drug-likeness (QED) is 0.830. The number of hydrogen-bond acceptors (Lipinski definition) is 3. The Labute approximate surface area is 157 Å². The van der Waals surface area contributed by atoms with Gasteiger partial charge in [-0.1, -0.05) is 51.8 Å². The van der Waals surface area contributed by atoms with Crippen LogP contribution in [-0.2, 0) is 4.74 Å². The maximum atomic E-state index is 12.5. The first-order valence-electron chi connectivity index (χ1n) is 8.55. The van der Waals surface area contributed by atoms with Gasteiger partial charge in [-0.3, -0.25) is 9.69 Å². The molecule has 0 aromatic heterocycles. The lowest BCUT2D eigenvalue weighted by molar-refractivity contribution is 0.0162. The monoisotopic (exact) mass is 402 g/mol. The summed E-state index contributed by atoms with van der Waals surface area (Å²) in [5.74, 6) is -0.0489. The van der Waals surface area contributed by atoms with E-state index in [0.29, 0.717) is 12.1 Å². The minimum Gasteiger partial charge on any atom is -0.379 e. The fraction of sp³-hybridized carbons (Fsp3) is 0.350. The van der Waals surface area contributed by atoms with Crippen LogP contribution in [0.4, 0.5) is 0 Å². The van der Waals surface area contributed by atoms with Crippen molar-refractivity contribution in [1.82, 2.24) is 10.2 Å². The van der Waals surface area contributed by atoms with Crippen LogP contribution in [0, 0.1) is 6.92 Å². The second-order valence-electron chi connectivity index (χ2n) is 6.30. The third-order valence-corrected chi connectivity index (χ3v) is 4.95. The van der Waals surface area contributed by atoms with Crippen molar-refractivity contribution < 1.29 is 9.53 Å². The van der Waals surface area contributed by atoms with Gasteiger partial charge in [0, 0.05) is 29.7 Å². The molecule has 5 heteroatoms. The molecule has 0 aliphatic carbocycles. The van der Waals surface area contributed by atoms with Crippen LogP contribution < -0.4 is 5.32 Å². The summed E-state index contributed by atoms with van der Waals surface area (Å²) in [4.78, 5) is 14.9. The fourth-order valence-corrected chi connectivity index (χ4v) is 3.54. The molecule has 132 valence electrons. The van der Waals surface area contributed by atoms with Crippen molar-refractivity contribution in [3.05, 3.63) is 69.7 Å². The van der Waals surface area contributed by atoms with Gasteiger partial charge in [0.25, 0.3) is 5.91 Å². The molecule has 1 unspecified atom stereocenters. The number of ether oxygens (including phenoxy) is 1. The summed E-state index contributed by atoms with van der Waals surface area (Å²) in [7, 11) is 0. The molecule has 0 spiro atoms. The largest absolute Gasteiger partial charge is 0.379 e. The van der Waals surface area contributed by atoms with Crippen LogP contribution in [0.25, 0.3) is 0 Å². The molecule has 2 aromatic carbocycles. The number of halogens is 1. The van der Waals surface area contributed by atoms with Gasteiger partial charge in [-0.2, -0.15) is 0 Å². The lowest BCUT2D eigenvalue weighted by atomic mass is 10.0. The molecule has 0 saturated carbocycles. The number of nitrogens with zero attached hydrogens (tertiary/aromatic N) is 1. The molecule has 2 aromatic rings. The highest BCUT2D eigenvalue weighted by molar-refractivity contribution is 9.10. The Morgan fingerprint density at radius 1 is 1.20 bits per heavy atom. The minimum atomic E-state index is -0.0489. The van der Waals surface area contributed by atoms with Gasteiger partial charge in [0.05, 0.1) is 19.3 Å². The average molecular weight is 403 g/mol. The third kappa shape index (κ3) is 4.91. The van der Waals surface area contributed by atoms with Gasteiger partial charge in [-0.15, -0.1) is 0 Å². The van der Waals surface area contributed by atoms with E-state index in [-0.39, 0.29) is 11.9 Å². The number of morpholine rings is 1. The van der Waals surface area contributed by atoms with Gasteiger partial charge in [0.1, 0.15) is 0 Å². The Kier molecular flexibility index (Phi) is 6.24. The molecule has 1 amide bonds. The predicted octanol–water partition coefficient (Wildman–Crippen LogP) is 3.56. The van der Waals surface area contributed by atoms with Crippen molar-refractivity contribution in [1.29, 1.82) is 0 Å². The number of benzene rings is 2. The molecule has 4 nitrogen and oxygen atoms in total. The van der Waals surface area contributed by atoms with Crippen LogP contribution in [0.2, 0.25) is 0 Å². The number of hydrogen-bond donors (Lipinski definition) is 1. The Morgan fingerprint density at radius 3 is 2.68 bits per heavy atom. The molecule has 3 rings (SSSR count).